The Morgan fingerprint density at radius 2 is 2.00 bits per heavy atom. The molecule has 0 saturated heterocycles. The highest BCUT2D eigenvalue weighted by molar-refractivity contribution is 5.85. The molecule has 0 aliphatic heterocycles. The number of nitrogens with zero attached hydrogens (tertiary/aromatic N) is 5. The minimum absolute atomic E-state index is 0. The summed E-state index contributed by atoms with van der Waals surface area (Å²) in [6.07, 6.45) is 5.78. The summed E-state index contributed by atoms with van der Waals surface area (Å²) in [5.41, 5.74) is 9.38. The summed E-state index contributed by atoms with van der Waals surface area (Å²) < 4.78 is 7.24. The van der Waals surface area contributed by atoms with E-state index in [2.05, 4.69) is 20.2 Å². The van der Waals surface area contributed by atoms with Gasteiger partial charge in [0.2, 0.25) is 0 Å². The second kappa shape index (κ2) is 5.58. The number of hydrogen-bond donors (Lipinski definition) is 1. The Bertz CT molecular complexity index is 849. The van der Waals surface area contributed by atoms with Gasteiger partial charge in [-0.25, -0.2) is 9.50 Å². The molecule has 2 N–H and O–H groups in total. The number of aromatic nitrogens is 5. The average molecular weight is 335 g/mol. The van der Waals surface area contributed by atoms with E-state index in [-0.39, 0.29) is 12.4 Å². The second-order valence-electron chi connectivity index (χ2n) is 6.10. The molecule has 23 heavy (non-hydrogen) atoms. The van der Waals surface area contributed by atoms with E-state index in [1.165, 1.54) is 0 Å². The molecule has 3 aromatic rings. The molecular formula is C15H19ClN6O. The van der Waals surface area contributed by atoms with E-state index < -0.39 is 5.54 Å². The van der Waals surface area contributed by atoms with Crippen molar-refractivity contribution < 1.29 is 4.52 Å². The van der Waals surface area contributed by atoms with Gasteiger partial charge in [-0.3, -0.25) is 0 Å². The van der Waals surface area contributed by atoms with Crippen LogP contribution in [0.2, 0.25) is 0 Å². The van der Waals surface area contributed by atoms with Crippen molar-refractivity contribution in [2.45, 2.75) is 45.1 Å². The summed E-state index contributed by atoms with van der Waals surface area (Å²) in [4.78, 5) is 8.93. The Morgan fingerprint density at radius 1 is 1.26 bits per heavy atom. The number of aryl methyl sites for hydroxylation is 2. The van der Waals surface area contributed by atoms with E-state index >= 15 is 0 Å². The van der Waals surface area contributed by atoms with Gasteiger partial charge >= 0.3 is 0 Å². The largest absolute Gasteiger partial charge is 0.334 e. The zero-order valence-corrected chi connectivity index (χ0v) is 13.9. The van der Waals surface area contributed by atoms with E-state index in [4.69, 9.17) is 10.3 Å². The van der Waals surface area contributed by atoms with Crippen LogP contribution in [0.25, 0.3) is 17.1 Å². The van der Waals surface area contributed by atoms with Crippen molar-refractivity contribution in [1.82, 2.24) is 24.7 Å². The fourth-order valence-corrected chi connectivity index (χ4v) is 3.14. The standard InChI is InChI=1S/C15H18N6O.ClH/c1-9-7-12-17-8-11(10(2)21(12)19-9)13-18-14(20-22-13)15(16)5-3-4-6-15;/h7-8H,3-6,16H2,1-2H3;1H. The third kappa shape index (κ3) is 2.49. The first-order chi connectivity index (χ1) is 10.6. The predicted octanol–water partition coefficient (Wildman–Crippen LogP) is 2.55. The molecule has 122 valence electrons. The number of nitrogens with two attached hydrogens (primary N) is 1. The molecule has 1 fully saturated rings. The van der Waals surface area contributed by atoms with Crippen LogP contribution < -0.4 is 5.73 Å². The van der Waals surface area contributed by atoms with E-state index in [1.807, 2.05) is 19.9 Å². The number of rotatable bonds is 2. The van der Waals surface area contributed by atoms with Gasteiger partial charge in [0.05, 0.1) is 22.5 Å². The molecular weight excluding hydrogens is 316 g/mol. The average Bonchev–Trinajstić information content (AvgIpc) is 3.18. The third-order valence-electron chi connectivity index (χ3n) is 4.44. The highest BCUT2D eigenvalue weighted by atomic mass is 35.5. The molecule has 0 atom stereocenters. The lowest BCUT2D eigenvalue weighted by Gasteiger charge is -2.17. The molecule has 0 aromatic carbocycles. The molecule has 4 rings (SSSR count). The molecule has 0 spiro atoms. The van der Waals surface area contributed by atoms with Crippen molar-refractivity contribution in [1.29, 1.82) is 0 Å². The van der Waals surface area contributed by atoms with Gasteiger partial charge in [-0.15, -0.1) is 12.4 Å². The molecule has 1 aliphatic carbocycles. The summed E-state index contributed by atoms with van der Waals surface area (Å²) in [5.74, 6) is 1.04. The minimum Gasteiger partial charge on any atom is -0.334 e. The molecule has 7 nitrogen and oxygen atoms in total. The zero-order chi connectivity index (χ0) is 15.3. The maximum Gasteiger partial charge on any atom is 0.261 e. The summed E-state index contributed by atoms with van der Waals surface area (Å²) in [7, 11) is 0. The van der Waals surface area contributed by atoms with Crippen molar-refractivity contribution >= 4 is 18.1 Å². The second-order valence-corrected chi connectivity index (χ2v) is 6.10. The minimum atomic E-state index is -0.449. The van der Waals surface area contributed by atoms with Crippen LogP contribution in [-0.2, 0) is 5.54 Å². The van der Waals surface area contributed by atoms with Gasteiger partial charge in [0, 0.05) is 12.3 Å². The van der Waals surface area contributed by atoms with Gasteiger partial charge in [-0.1, -0.05) is 18.0 Å². The van der Waals surface area contributed by atoms with Crippen molar-refractivity contribution in [3.05, 3.63) is 29.5 Å². The maximum absolute atomic E-state index is 6.39. The molecule has 0 amide bonds. The monoisotopic (exact) mass is 334 g/mol. The van der Waals surface area contributed by atoms with Gasteiger partial charge in [0.15, 0.2) is 11.5 Å². The van der Waals surface area contributed by atoms with Crippen LogP contribution in [0, 0.1) is 13.8 Å². The fraction of sp³-hybridized carbons (Fsp3) is 0.467. The molecule has 0 unspecified atom stereocenters. The molecule has 0 radical (unpaired) electrons. The van der Waals surface area contributed by atoms with E-state index in [1.54, 1.807) is 10.7 Å². The van der Waals surface area contributed by atoms with Gasteiger partial charge in [-0.2, -0.15) is 10.1 Å². The highest BCUT2D eigenvalue weighted by Gasteiger charge is 2.36. The summed E-state index contributed by atoms with van der Waals surface area (Å²) >= 11 is 0. The van der Waals surface area contributed by atoms with E-state index in [9.17, 15) is 0 Å². The lowest BCUT2D eigenvalue weighted by Crippen LogP contribution is -2.34. The van der Waals surface area contributed by atoms with E-state index in [0.717, 1.165) is 48.3 Å². The maximum atomic E-state index is 6.39. The van der Waals surface area contributed by atoms with Crippen LogP contribution in [0.15, 0.2) is 16.8 Å². The molecule has 1 aliphatic rings. The summed E-state index contributed by atoms with van der Waals surface area (Å²) in [5, 5.41) is 8.54. The van der Waals surface area contributed by atoms with E-state index in [0.29, 0.717) is 11.7 Å². The Hall–Kier alpha value is -1.99. The summed E-state index contributed by atoms with van der Waals surface area (Å²) in [6, 6.07) is 1.93. The lowest BCUT2D eigenvalue weighted by atomic mass is 9.99. The number of fused-ring (bicyclic) bond motifs is 1. The number of halogens is 1. The molecule has 1 saturated carbocycles. The quantitative estimate of drug-likeness (QED) is 0.773. The SMILES string of the molecule is Cc1cc2ncc(-c3nc(C4(N)CCCC4)no3)c(C)n2n1.Cl. The molecule has 3 aromatic heterocycles. The topological polar surface area (TPSA) is 95.1 Å². The first-order valence-corrected chi connectivity index (χ1v) is 7.52. The van der Waals surface area contributed by atoms with Gasteiger partial charge in [0.1, 0.15) is 0 Å². The van der Waals surface area contributed by atoms with Crippen molar-refractivity contribution in [2.75, 3.05) is 0 Å². The number of hydrogen-bond acceptors (Lipinski definition) is 6. The summed E-state index contributed by atoms with van der Waals surface area (Å²) in [6.45, 7) is 3.91. The molecule has 0 bridgehead atoms. The van der Waals surface area contributed by atoms with Crippen molar-refractivity contribution in [2.24, 2.45) is 5.73 Å². The molecule has 8 heteroatoms. The Labute approximate surface area is 139 Å². The van der Waals surface area contributed by atoms with Gasteiger partial charge < -0.3 is 10.3 Å². The first-order valence-electron chi connectivity index (χ1n) is 7.52. The zero-order valence-electron chi connectivity index (χ0n) is 13.1. The Kier molecular flexibility index (Phi) is 3.85. The first kappa shape index (κ1) is 15.9. The van der Waals surface area contributed by atoms with Crippen LogP contribution in [0.4, 0.5) is 0 Å². The van der Waals surface area contributed by atoms with Crippen LogP contribution in [0.3, 0.4) is 0 Å². The van der Waals surface area contributed by atoms with Gasteiger partial charge in [0.25, 0.3) is 5.89 Å². The normalized spacial score (nSPS) is 16.7. The van der Waals surface area contributed by atoms with Crippen molar-refractivity contribution in [3.8, 4) is 11.5 Å². The lowest BCUT2D eigenvalue weighted by molar-refractivity contribution is 0.372. The van der Waals surface area contributed by atoms with Crippen LogP contribution >= 0.6 is 12.4 Å². The highest BCUT2D eigenvalue weighted by Crippen LogP contribution is 2.35. The van der Waals surface area contributed by atoms with Crippen LogP contribution in [-0.4, -0.2) is 24.7 Å². The van der Waals surface area contributed by atoms with Crippen LogP contribution in [0.5, 0.6) is 0 Å². The molecule has 3 heterocycles. The van der Waals surface area contributed by atoms with Gasteiger partial charge in [-0.05, 0) is 26.7 Å². The van der Waals surface area contributed by atoms with Crippen molar-refractivity contribution in [3.63, 3.8) is 0 Å². The smallest absolute Gasteiger partial charge is 0.261 e. The Morgan fingerprint density at radius 3 is 2.74 bits per heavy atom. The van der Waals surface area contributed by atoms with Crippen LogP contribution in [0.1, 0.15) is 42.9 Å². The Balaban J connectivity index is 0.00000156. The predicted molar refractivity (Wildman–Crippen MR) is 87.3 cm³/mol. The third-order valence-corrected chi connectivity index (χ3v) is 4.44. The fourth-order valence-electron chi connectivity index (χ4n) is 3.14.